The van der Waals surface area contributed by atoms with E-state index in [1.807, 2.05) is 0 Å². The van der Waals surface area contributed by atoms with Crippen molar-refractivity contribution in [3.8, 4) is 0 Å². The van der Waals surface area contributed by atoms with E-state index >= 15 is 0 Å². The number of nitrogens with one attached hydrogen (secondary N) is 1. The molecular weight excluding hydrogens is 242 g/mol. The zero-order valence-electron chi connectivity index (χ0n) is 12.7. The highest BCUT2D eigenvalue weighted by molar-refractivity contribution is 4.90. The number of ether oxygens (including phenoxy) is 3. The normalized spacial score (nSPS) is 17.4. The van der Waals surface area contributed by atoms with Crippen LogP contribution in [0.2, 0.25) is 0 Å². The first-order valence-electron chi connectivity index (χ1n) is 7.74. The molecule has 0 heterocycles. The van der Waals surface area contributed by atoms with E-state index < -0.39 is 0 Å². The average Bonchev–Trinajstić information content (AvgIpc) is 2.38. The first kappa shape index (κ1) is 16.9. The lowest BCUT2D eigenvalue weighted by molar-refractivity contribution is -0.118. The molecule has 114 valence electrons. The van der Waals surface area contributed by atoms with E-state index in [0.29, 0.717) is 6.61 Å². The van der Waals surface area contributed by atoms with Gasteiger partial charge in [0.05, 0.1) is 18.8 Å². The Balaban J connectivity index is 1.98. The van der Waals surface area contributed by atoms with Crippen LogP contribution in [0.1, 0.15) is 45.4 Å². The van der Waals surface area contributed by atoms with Gasteiger partial charge in [0, 0.05) is 20.3 Å². The maximum atomic E-state index is 6.06. The van der Waals surface area contributed by atoms with Crippen LogP contribution in [-0.4, -0.2) is 52.2 Å². The molecule has 4 heteroatoms. The van der Waals surface area contributed by atoms with Gasteiger partial charge in [-0.05, 0) is 51.6 Å². The molecule has 0 radical (unpaired) electrons. The molecule has 1 aliphatic rings. The van der Waals surface area contributed by atoms with E-state index in [9.17, 15) is 0 Å². The van der Waals surface area contributed by atoms with Crippen molar-refractivity contribution >= 4 is 0 Å². The second-order valence-electron chi connectivity index (χ2n) is 5.34. The molecule has 0 spiro atoms. The zero-order valence-corrected chi connectivity index (χ0v) is 12.7. The van der Waals surface area contributed by atoms with E-state index in [2.05, 4.69) is 12.2 Å². The third-order valence-corrected chi connectivity index (χ3v) is 3.72. The summed E-state index contributed by atoms with van der Waals surface area (Å²) in [5.74, 6) is 0. The second kappa shape index (κ2) is 10.6. The van der Waals surface area contributed by atoms with Crippen molar-refractivity contribution in [1.82, 2.24) is 5.32 Å². The topological polar surface area (TPSA) is 39.7 Å². The van der Waals surface area contributed by atoms with Crippen LogP contribution in [-0.2, 0) is 14.2 Å². The van der Waals surface area contributed by atoms with Crippen LogP contribution in [0.25, 0.3) is 0 Å². The first-order chi connectivity index (χ1) is 9.33. The lowest BCUT2D eigenvalue weighted by Crippen LogP contribution is -2.43. The fraction of sp³-hybridized carbons (Fsp3) is 1.00. The van der Waals surface area contributed by atoms with Crippen molar-refractivity contribution in [2.24, 2.45) is 0 Å². The van der Waals surface area contributed by atoms with Crippen molar-refractivity contribution in [2.45, 2.75) is 51.0 Å². The molecule has 0 aromatic heterocycles. The lowest BCUT2D eigenvalue weighted by Gasteiger charge is -2.42. The number of hydrogen-bond donors (Lipinski definition) is 1. The predicted molar refractivity (Wildman–Crippen MR) is 77.6 cm³/mol. The van der Waals surface area contributed by atoms with E-state index in [-0.39, 0.29) is 5.60 Å². The van der Waals surface area contributed by atoms with Crippen molar-refractivity contribution in [3.05, 3.63) is 0 Å². The Hall–Kier alpha value is -0.160. The zero-order chi connectivity index (χ0) is 13.8. The van der Waals surface area contributed by atoms with Crippen molar-refractivity contribution in [1.29, 1.82) is 0 Å². The SMILES string of the molecule is CCCNCCC1(OCCOCCCOC)CCC1. The van der Waals surface area contributed by atoms with Crippen LogP contribution >= 0.6 is 0 Å². The summed E-state index contributed by atoms with van der Waals surface area (Å²) in [5, 5.41) is 3.46. The van der Waals surface area contributed by atoms with E-state index in [1.54, 1.807) is 7.11 Å². The summed E-state index contributed by atoms with van der Waals surface area (Å²) < 4.78 is 16.6. The molecule has 0 unspecified atom stereocenters. The van der Waals surface area contributed by atoms with Gasteiger partial charge in [0.15, 0.2) is 0 Å². The fourth-order valence-corrected chi connectivity index (χ4v) is 2.38. The monoisotopic (exact) mass is 273 g/mol. The summed E-state index contributed by atoms with van der Waals surface area (Å²) in [6.07, 6.45) is 7.03. The summed E-state index contributed by atoms with van der Waals surface area (Å²) in [6, 6.07) is 0. The average molecular weight is 273 g/mol. The second-order valence-corrected chi connectivity index (χ2v) is 5.34. The van der Waals surface area contributed by atoms with Crippen LogP contribution < -0.4 is 5.32 Å². The molecule has 0 saturated heterocycles. The van der Waals surface area contributed by atoms with Gasteiger partial charge in [-0.2, -0.15) is 0 Å². The molecule has 1 rings (SSSR count). The van der Waals surface area contributed by atoms with Gasteiger partial charge in [-0.25, -0.2) is 0 Å². The molecule has 19 heavy (non-hydrogen) atoms. The maximum absolute atomic E-state index is 6.06. The first-order valence-corrected chi connectivity index (χ1v) is 7.74. The Morgan fingerprint density at radius 3 is 2.53 bits per heavy atom. The molecule has 0 bridgehead atoms. The summed E-state index contributed by atoms with van der Waals surface area (Å²) in [5.41, 5.74) is 0.149. The Labute approximate surface area is 118 Å². The molecule has 0 aromatic rings. The quantitative estimate of drug-likeness (QED) is 0.523. The molecule has 1 saturated carbocycles. The highest BCUT2D eigenvalue weighted by Crippen LogP contribution is 2.38. The Bertz CT molecular complexity index is 208. The third kappa shape index (κ3) is 7.25. The largest absolute Gasteiger partial charge is 0.385 e. The van der Waals surface area contributed by atoms with E-state index in [0.717, 1.165) is 45.8 Å². The highest BCUT2D eigenvalue weighted by atomic mass is 16.5. The molecular formula is C15H31NO3. The predicted octanol–water partition coefficient (Wildman–Crippen LogP) is 2.37. The summed E-state index contributed by atoms with van der Waals surface area (Å²) in [4.78, 5) is 0. The van der Waals surface area contributed by atoms with Crippen LogP contribution in [0, 0.1) is 0 Å². The maximum Gasteiger partial charge on any atom is 0.0708 e. The highest BCUT2D eigenvalue weighted by Gasteiger charge is 2.37. The van der Waals surface area contributed by atoms with Gasteiger partial charge in [-0.1, -0.05) is 6.92 Å². The lowest BCUT2D eigenvalue weighted by atomic mass is 9.77. The van der Waals surface area contributed by atoms with Gasteiger partial charge in [-0.15, -0.1) is 0 Å². The van der Waals surface area contributed by atoms with Crippen LogP contribution in [0.4, 0.5) is 0 Å². The minimum absolute atomic E-state index is 0.149. The van der Waals surface area contributed by atoms with Gasteiger partial charge in [0.2, 0.25) is 0 Å². The summed E-state index contributed by atoms with van der Waals surface area (Å²) in [6.45, 7) is 7.34. The van der Waals surface area contributed by atoms with Crippen molar-refractivity contribution < 1.29 is 14.2 Å². The van der Waals surface area contributed by atoms with Crippen molar-refractivity contribution in [2.75, 3.05) is 46.6 Å². The Morgan fingerprint density at radius 1 is 1.05 bits per heavy atom. The van der Waals surface area contributed by atoms with Gasteiger partial charge in [0.1, 0.15) is 0 Å². The fourth-order valence-electron chi connectivity index (χ4n) is 2.38. The molecule has 0 aromatic carbocycles. The molecule has 0 atom stereocenters. The summed E-state index contributed by atoms with van der Waals surface area (Å²) >= 11 is 0. The standard InChI is InChI=1S/C15H31NO3/c1-3-9-16-10-8-15(6-4-7-15)19-14-13-18-12-5-11-17-2/h16H,3-14H2,1-2H3. The van der Waals surface area contributed by atoms with Crippen molar-refractivity contribution in [3.63, 3.8) is 0 Å². The Morgan fingerprint density at radius 2 is 1.89 bits per heavy atom. The van der Waals surface area contributed by atoms with Gasteiger partial charge in [-0.3, -0.25) is 0 Å². The molecule has 1 fully saturated rings. The summed E-state index contributed by atoms with van der Waals surface area (Å²) in [7, 11) is 1.72. The minimum Gasteiger partial charge on any atom is -0.385 e. The Kier molecular flexibility index (Phi) is 9.43. The van der Waals surface area contributed by atoms with Gasteiger partial charge >= 0.3 is 0 Å². The van der Waals surface area contributed by atoms with Crippen LogP contribution in [0.5, 0.6) is 0 Å². The van der Waals surface area contributed by atoms with Gasteiger partial charge in [0.25, 0.3) is 0 Å². The smallest absolute Gasteiger partial charge is 0.0708 e. The third-order valence-electron chi connectivity index (χ3n) is 3.72. The molecule has 0 amide bonds. The minimum atomic E-state index is 0.149. The number of rotatable bonds is 13. The molecule has 4 nitrogen and oxygen atoms in total. The number of hydrogen-bond acceptors (Lipinski definition) is 4. The molecule has 1 N–H and O–H groups in total. The number of methoxy groups -OCH3 is 1. The molecule has 0 aliphatic heterocycles. The molecule has 1 aliphatic carbocycles. The van der Waals surface area contributed by atoms with E-state index in [4.69, 9.17) is 14.2 Å². The van der Waals surface area contributed by atoms with Crippen LogP contribution in [0.3, 0.4) is 0 Å². The van der Waals surface area contributed by atoms with E-state index in [1.165, 1.54) is 25.7 Å². The van der Waals surface area contributed by atoms with Crippen LogP contribution in [0.15, 0.2) is 0 Å². The van der Waals surface area contributed by atoms with Gasteiger partial charge < -0.3 is 19.5 Å².